The van der Waals surface area contributed by atoms with E-state index in [1.807, 2.05) is 13.8 Å². The van der Waals surface area contributed by atoms with Crippen LogP contribution in [0.1, 0.15) is 30.4 Å². The molecule has 1 N–H and O–H groups in total. The van der Waals surface area contributed by atoms with Crippen LogP contribution in [0.2, 0.25) is 10.0 Å². The summed E-state index contributed by atoms with van der Waals surface area (Å²) in [7, 11) is 0. The van der Waals surface area contributed by atoms with E-state index in [0.717, 1.165) is 11.3 Å². The highest BCUT2D eigenvalue weighted by Gasteiger charge is 2.18. The molecule has 3 nitrogen and oxygen atoms in total. The van der Waals surface area contributed by atoms with Crippen molar-refractivity contribution in [3.05, 3.63) is 46.1 Å². The van der Waals surface area contributed by atoms with Crippen LogP contribution in [-0.4, -0.2) is 15.6 Å². The molecule has 1 heterocycles. The molecule has 5 heteroatoms. The number of nitrogens with zero attached hydrogens (tertiary/aromatic N) is 1. The van der Waals surface area contributed by atoms with Gasteiger partial charge in [-0.2, -0.15) is 0 Å². The maximum absolute atomic E-state index is 11.2. The maximum Gasteiger partial charge on any atom is 0.352 e. The van der Waals surface area contributed by atoms with E-state index in [1.54, 1.807) is 34.9 Å². The Labute approximate surface area is 121 Å². The van der Waals surface area contributed by atoms with Crippen molar-refractivity contribution in [2.75, 3.05) is 0 Å². The Morgan fingerprint density at radius 3 is 2.42 bits per heavy atom. The molecule has 0 saturated heterocycles. The van der Waals surface area contributed by atoms with Gasteiger partial charge in [-0.3, -0.25) is 0 Å². The molecule has 0 fully saturated rings. The smallest absolute Gasteiger partial charge is 0.352 e. The van der Waals surface area contributed by atoms with Crippen LogP contribution in [0.4, 0.5) is 0 Å². The molecule has 0 spiro atoms. The molecule has 0 aliphatic rings. The molecule has 0 bridgehead atoms. The van der Waals surface area contributed by atoms with E-state index in [4.69, 9.17) is 23.2 Å². The number of carboxylic acids is 1. The lowest BCUT2D eigenvalue weighted by molar-refractivity contribution is 0.0683. The van der Waals surface area contributed by atoms with Crippen LogP contribution < -0.4 is 0 Å². The summed E-state index contributed by atoms with van der Waals surface area (Å²) in [6.07, 6.45) is 0. The number of halogens is 2. The number of aromatic carboxylic acids is 1. The zero-order valence-electron chi connectivity index (χ0n) is 10.5. The van der Waals surface area contributed by atoms with Crippen LogP contribution >= 0.6 is 23.2 Å². The summed E-state index contributed by atoms with van der Waals surface area (Å²) < 4.78 is 1.75. The third-order valence-corrected chi connectivity index (χ3v) is 3.41. The monoisotopic (exact) mass is 297 g/mol. The van der Waals surface area contributed by atoms with Gasteiger partial charge in [0, 0.05) is 16.6 Å². The van der Waals surface area contributed by atoms with Crippen LogP contribution in [0.3, 0.4) is 0 Å². The topological polar surface area (TPSA) is 42.2 Å². The third-order valence-electron chi connectivity index (χ3n) is 2.86. The van der Waals surface area contributed by atoms with Gasteiger partial charge >= 0.3 is 5.97 Å². The lowest BCUT2D eigenvalue weighted by Gasteiger charge is -2.16. The quantitative estimate of drug-likeness (QED) is 0.889. The molecule has 2 aromatic rings. The van der Waals surface area contributed by atoms with Gasteiger partial charge in [-0.05, 0) is 44.2 Å². The fraction of sp³-hybridized carbons (Fsp3) is 0.214. The molecule has 2 rings (SSSR count). The Morgan fingerprint density at radius 2 is 1.89 bits per heavy atom. The average Bonchev–Trinajstić information content (AvgIpc) is 2.73. The van der Waals surface area contributed by atoms with Gasteiger partial charge in [0.05, 0.1) is 10.7 Å². The lowest BCUT2D eigenvalue weighted by Crippen LogP contribution is -2.11. The van der Waals surface area contributed by atoms with E-state index in [-0.39, 0.29) is 11.7 Å². The number of rotatable bonds is 3. The number of hydrogen-bond acceptors (Lipinski definition) is 1. The highest BCUT2D eigenvalue weighted by Crippen LogP contribution is 2.33. The van der Waals surface area contributed by atoms with Gasteiger partial charge in [0.25, 0.3) is 0 Å². The Morgan fingerprint density at radius 1 is 1.21 bits per heavy atom. The number of carbonyl (C=O) groups is 1. The van der Waals surface area contributed by atoms with Crippen LogP contribution in [0.25, 0.3) is 11.3 Å². The van der Waals surface area contributed by atoms with E-state index >= 15 is 0 Å². The molecule has 0 saturated carbocycles. The summed E-state index contributed by atoms with van der Waals surface area (Å²) in [4.78, 5) is 11.2. The fourth-order valence-corrected chi connectivity index (χ4v) is 2.60. The minimum Gasteiger partial charge on any atom is -0.477 e. The number of carboxylic acid groups (broad SMARTS) is 1. The zero-order chi connectivity index (χ0) is 14.2. The molecular weight excluding hydrogens is 285 g/mol. The van der Waals surface area contributed by atoms with Crippen molar-refractivity contribution in [1.82, 2.24) is 4.57 Å². The summed E-state index contributed by atoms with van der Waals surface area (Å²) >= 11 is 12.1. The number of aromatic nitrogens is 1. The van der Waals surface area contributed by atoms with E-state index in [0.29, 0.717) is 10.0 Å². The minimum absolute atomic E-state index is 0.0165. The second-order valence-electron chi connectivity index (χ2n) is 4.50. The largest absolute Gasteiger partial charge is 0.477 e. The summed E-state index contributed by atoms with van der Waals surface area (Å²) in [5.74, 6) is -0.954. The Kier molecular flexibility index (Phi) is 3.88. The van der Waals surface area contributed by atoms with Crippen molar-refractivity contribution in [1.29, 1.82) is 0 Å². The van der Waals surface area contributed by atoms with Gasteiger partial charge in [0.15, 0.2) is 0 Å². The molecule has 0 aliphatic heterocycles. The lowest BCUT2D eigenvalue weighted by atomic mass is 10.1. The summed E-state index contributed by atoms with van der Waals surface area (Å²) in [5.41, 5.74) is 1.79. The molecule has 0 amide bonds. The third kappa shape index (κ3) is 2.62. The van der Waals surface area contributed by atoms with Gasteiger partial charge < -0.3 is 9.67 Å². The molecule has 1 aromatic heterocycles. The van der Waals surface area contributed by atoms with Crippen LogP contribution in [-0.2, 0) is 0 Å². The van der Waals surface area contributed by atoms with E-state index in [2.05, 4.69) is 0 Å². The number of hydrogen-bond donors (Lipinski definition) is 1. The molecular formula is C14H13Cl2NO2. The van der Waals surface area contributed by atoms with Crippen molar-refractivity contribution >= 4 is 29.2 Å². The molecule has 1 aromatic carbocycles. The van der Waals surface area contributed by atoms with Crippen molar-refractivity contribution in [2.45, 2.75) is 19.9 Å². The molecule has 0 radical (unpaired) electrons. The second kappa shape index (κ2) is 5.27. The van der Waals surface area contributed by atoms with Gasteiger partial charge in [-0.15, -0.1) is 0 Å². The van der Waals surface area contributed by atoms with Crippen molar-refractivity contribution in [3.8, 4) is 11.3 Å². The standard InChI is InChI=1S/C14H13Cl2NO2/c1-8(2)17-12(5-6-13(17)14(18)19)10-4-3-9(15)7-11(10)16/h3-8H,1-2H3,(H,18,19). The maximum atomic E-state index is 11.2. The first kappa shape index (κ1) is 14.0. The van der Waals surface area contributed by atoms with Crippen molar-refractivity contribution in [2.24, 2.45) is 0 Å². The molecule has 0 unspecified atom stereocenters. The molecule has 100 valence electrons. The van der Waals surface area contributed by atoms with Crippen molar-refractivity contribution in [3.63, 3.8) is 0 Å². The molecule has 19 heavy (non-hydrogen) atoms. The van der Waals surface area contributed by atoms with E-state index in [1.165, 1.54) is 0 Å². The fourth-order valence-electron chi connectivity index (χ4n) is 2.10. The van der Waals surface area contributed by atoms with Gasteiger partial charge in [0.2, 0.25) is 0 Å². The van der Waals surface area contributed by atoms with Crippen LogP contribution in [0, 0.1) is 0 Å². The van der Waals surface area contributed by atoms with Gasteiger partial charge in [-0.25, -0.2) is 4.79 Å². The average molecular weight is 298 g/mol. The predicted octanol–water partition coefficient (Wildman–Crippen LogP) is 4.74. The summed E-state index contributed by atoms with van der Waals surface area (Å²) in [6.45, 7) is 3.86. The van der Waals surface area contributed by atoms with Crippen LogP contribution in [0.5, 0.6) is 0 Å². The molecule has 0 atom stereocenters. The van der Waals surface area contributed by atoms with Crippen molar-refractivity contribution < 1.29 is 9.90 Å². The van der Waals surface area contributed by atoms with Gasteiger partial charge in [-0.1, -0.05) is 23.2 Å². The van der Waals surface area contributed by atoms with E-state index < -0.39 is 5.97 Å². The minimum atomic E-state index is -0.954. The highest BCUT2D eigenvalue weighted by molar-refractivity contribution is 6.36. The Bertz CT molecular complexity index is 632. The number of benzene rings is 1. The Balaban J connectivity index is 2.65. The normalized spacial score (nSPS) is 11.0. The van der Waals surface area contributed by atoms with Gasteiger partial charge in [0.1, 0.15) is 5.69 Å². The first-order chi connectivity index (χ1) is 8.91. The second-order valence-corrected chi connectivity index (χ2v) is 5.34. The summed E-state index contributed by atoms with van der Waals surface area (Å²) in [6, 6.07) is 8.55. The van der Waals surface area contributed by atoms with Crippen LogP contribution in [0.15, 0.2) is 30.3 Å². The highest BCUT2D eigenvalue weighted by atomic mass is 35.5. The zero-order valence-corrected chi connectivity index (χ0v) is 12.0. The molecule has 0 aliphatic carbocycles. The first-order valence-electron chi connectivity index (χ1n) is 5.81. The summed E-state index contributed by atoms with van der Waals surface area (Å²) in [5, 5.41) is 10.3. The van der Waals surface area contributed by atoms with E-state index in [9.17, 15) is 9.90 Å². The first-order valence-corrected chi connectivity index (χ1v) is 6.57. The Hall–Kier alpha value is -1.45. The predicted molar refractivity (Wildman–Crippen MR) is 77.2 cm³/mol. The SMILES string of the molecule is CC(C)n1c(C(=O)O)ccc1-c1ccc(Cl)cc1Cl.